The standard InChI is InChI=1S/C12H14ClNO2/c1-16-9-4-5-11(13)10(8-9)12(15)14-6-2-3-7-14/h4-5,8H,2-3,6-7H2,1H3. The van der Waals surface area contributed by atoms with Crippen LogP contribution in [0.2, 0.25) is 5.02 Å². The Bertz CT molecular complexity index is 400. The fourth-order valence-corrected chi connectivity index (χ4v) is 2.08. The summed E-state index contributed by atoms with van der Waals surface area (Å²) in [4.78, 5) is 14.0. The first-order chi connectivity index (χ1) is 7.72. The van der Waals surface area contributed by atoms with Crippen LogP contribution in [0.15, 0.2) is 18.2 Å². The number of hydrogen-bond donors (Lipinski definition) is 0. The smallest absolute Gasteiger partial charge is 0.255 e. The van der Waals surface area contributed by atoms with E-state index < -0.39 is 0 Å². The van der Waals surface area contributed by atoms with Crippen LogP contribution in [0, 0.1) is 0 Å². The number of amides is 1. The van der Waals surface area contributed by atoms with Crippen LogP contribution in [-0.2, 0) is 0 Å². The van der Waals surface area contributed by atoms with Gasteiger partial charge < -0.3 is 9.64 Å². The van der Waals surface area contributed by atoms with Gasteiger partial charge in [-0.3, -0.25) is 4.79 Å². The molecular formula is C12H14ClNO2. The van der Waals surface area contributed by atoms with E-state index in [1.165, 1.54) is 0 Å². The zero-order valence-corrected chi connectivity index (χ0v) is 9.96. The van der Waals surface area contributed by atoms with Crippen LogP contribution >= 0.6 is 11.6 Å². The van der Waals surface area contributed by atoms with Crippen LogP contribution in [0.4, 0.5) is 0 Å². The monoisotopic (exact) mass is 239 g/mol. The van der Waals surface area contributed by atoms with Gasteiger partial charge in [0.1, 0.15) is 5.75 Å². The lowest BCUT2D eigenvalue weighted by molar-refractivity contribution is 0.0792. The van der Waals surface area contributed by atoms with Gasteiger partial charge in [0.2, 0.25) is 0 Å². The second-order valence-corrected chi connectivity index (χ2v) is 4.25. The fraction of sp³-hybridized carbons (Fsp3) is 0.417. The van der Waals surface area contributed by atoms with E-state index in [2.05, 4.69) is 0 Å². The van der Waals surface area contributed by atoms with Crippen LogP contribution in [0.1, 0.15) is 23.2 Å². The predicted molar refractivity (Wildman–Crippen MR) is 63.1 cm³/mol. The maximum Gasteiger partial charge on any atom is 0.255 e. The summed E-state index contributed by atoms with van der Waals surface area (Å²) in [7, 11) is 1.58. The average molecular weight is 240 g/mol. The number of benzene rings is 1. The highest BCUT2D eigenvalue weighted by Crippen LogP contribution is 2.24. The lowest BCUT2D eigenvalue weighted by Crippen LogP contribution is -2.27. The molecule has 1 aromatic carbocycles. The number of nitrogens with zero attached hydrogens (tertiary/aromatic N) is 1. The van der Waals surface area contributed by atoms with Gasteiger partial charge in [0.05, 0.1) is 17.7 Å². The van der Waals surface area contributed by atoms with Crippen molar-refractivity contribution in [3.8, 4) is 5.75 Å². The number of carbonyl (C=O) groups excluding carboxylic acids is 1. The van der Waals surface area contributed by atoms with Gasteiger partial charge >= 0.3 is 0 Å². The molecule has 4 heteroatoms. The van der Waals surface area contributed by atoms with Crippen molar-refractivity contribution in [2.45, 2.75) is 12.8 Å². The minimum Gasteiger partial charge on any atom is -0.497 e. The molecule has 0 radical (unpaired) electrons. The van der Waals surface area contributed by atoms with Crippen molar-refractivity contribution >= 4 is 17.5 Å². The minimum atomic E-state index is 0.00130. The van der Waals surface area contributed by atoms with Gasteiger partial charge in [-0.15, -0.1) is 0 Å². The topological polar surface area (TPSA) is 29.5 Å². The third kappa shape index (κ3) is 2.14. The Balaban J connectivity index is 2.27. The number of rotatable bonds is 2. The second kappa shape index (κ2) is 4.74. The van der Waals surface area contributed by atoms with Crippen LogP contribution in [0.3, 0.4) is 0 Å². The number of likely N-dealkylation sites (tertiary alicyclic amines) is 1. The third-order valence-electron chi connectivity index (χ3n) is 2.80. The summed E-state index contributed by atoms with van der Waals surface area (Å²) in [6.07, 6.45) is 2.15. The van der Waals surface area contributed by atoms with Crippen LogP contribution in [0.25, 0.3) is 0 Å². The van der Waals surface area contributed by atoms with Gasteiger partial charge in [0, 0.05) is 13.1 Å². The van der Waals surface area contributed by atoms with Crippen LogP contribution in [0.5, 0.6) is 5.75 Å². The van der Waals surface area contributed by atoms with E-state index in [0.717, 1.165) is 25.9 Å². The van der Waals surface area contributed by atoms with Gasteiger partial charge in [-0.05, 0) is 31.0 Å². The number of ether oxygens (including phenoxy) is 1. The summed E-state index contributed by atoms with van der Waals surface area (Å²) < 4.78 is 5.09. The molecule has 2 rings (SSSR count). The number of hydrogen-bond acceptors (Lipinski definition) is 2. The molecule has 0 bridgehead atoms. The molecule has 1 aliphatic heterocycles. The zero-order valence-electron chi connectivity index (χ0n) is 9.20. The van der Waals surface area contributed by atoms with Gasteiger partial charge in [0.25, 0.3) is 5.91 Å². The predicted octanol–water partition coefficient (Wildman–Crippen LogP) is 2.58. The third-order valence-corrected chi connectivity index (χ3v) is 3.13. The van der Waals surface area contributed by atoms with Crippen molar-refractivity contribution in [3.63, 3.8) is 0 Å². The fourth-order valence-electron chi connectivity index (χ4n) is 1.89. The Morgan fingerprint density at radius 2 is 2.06 bits per heavy atom. The summed E-state index contributed by atoms with van der Waals surface area (Å²) >= 11 is 6.02. The highest BCUT2D eigenvalue weighted by Gasteiger charge is 2.21. The molecular weight excluding hydrogens is 226 g/mol. The molecule has 1 fully saturated rings. The molecule has 0 unspecified atom stereocenters. The second-order valence-electron chi connectivity index (χ2n) is 3.85. The van der Waals surface area contributed by atoms with E-state index in [0.29, 0.717) is 16.3 Å². The van der Waals surface area contributed by atoms with Gasteiger partial charge in [-0.25, -0.2) is 0 Å². The van der Waals surface area contributed by atoms with Crippen molar-refractivity contribution in [2.24, 2.45) is 0 Å². The normalized spacial score (nSPS) is 15.2. The van der Waals surface area contributed by atoms with Crippen molar-refractivity contribution in [3.05, 3.63) is 28.8 Å². The Morgan fingerprint density at radius 3 is 2.69 bits per heavy atom. The van der Waals surface area contributed by atoms with Crippen molar-refractivity contribution in [1.82, 2.24) is 4.90 Å². The first-order valence-electron chi connectivity index (χ1n) is 5.35. The first-order valence-corrected chi connectivity index (χ1v) is 5.73. The minimum absolute atomic E-state index is 0.00130. The molecule has 1 aromatic rings. The van der Waals surface area contributed by atoms with Gasteiger partial charge in [0.15, 0.2) is 0 Å². The summed E-state index contributed by atoms with van der Waals surface area (Å²) in [5.41, 5.74) is 0.530. The molecule has 86 valence electrons. The largest absolute Gasteiger partial charge is 0.497 e. The molecule has 16 heavy (non-hydrogen) atoms. The SMILES string of the molecule is COc1ccc(Cl)c(C(=O)N2CCCC2)c1. The van der Waals surface area contributed by atoms with E-state index in [1.54, 1.807) is 25.3 Å². The highest BCUT2D eigenvalue weighted by molar-refractivity contribution is 6.33. The quantitative estimate of drug-likeness (QED) is 0.794. The molecule has 0 aromatic heterocycles. The Morgan fingerprint density at radius 1 is 1.38 bits per heavy atom. The molecule has 1 heterocycles. The van der Waals surface area contributed by atoms with E-state index in [4.69, 9.17) is 16.3 Å². The molecule has 1 saturated heterocycles. The van der Waals surface area contributed by atoms with Gasteiger partial charge in [-0.2, -0.15) is 0 Å². The van der Waals surface area contributed by atoms with E-state index in [9.17, 15) is 4.79 Å². The number of carbonyl (C=O) groups is 1. The molecule has 3 nitrogen and oxygen atoms in total. The molecule has 1 amide bonds. The Labute approximate surface area is 100.0 Å². The average Bonchev–Trinajstić information content (AvgIpc) is 2.82. The lowest BCUT2D eigenvalue weighted by Gasteiger charge is -2.16. The summed E-state index contributed by atoms with van der Waals surface area (Å²) in [5, 5.41) is 0.484. The van der Waals surface area contributed by atoms with Crippen molar-refractivity contribution < 1.29 is 9.53 Å². The maximum absolute atomic E-state index is 12.1. The molecule has 1 aliphatic rings. The van der Waals surface area contributed by atoms with E-state index in [-0.39, 0.29) is 5.91 Å². The molecule has 0 N–H and O–H groups in total. The molecule has 0 saturated carbocycles. The zero-order chi connectivity index (χ0) is 11.5. The highest BCUT2D eigenvalue weighted by atomic mass is 35.5. The lowest BCUT2D eigenvalue weighted by atomic mass is 10.2. The molecule has 0 spiro atoms. The maximum atomic E-state index is 12.1. The van der Waals surface area contributed by atoms with Crippen LogP contribution in [-0.4, -0.2) is 31.0 Å². The summed E-state index contributed by atoms with van der Waals surface area (Å²) in [5.74, 6) is 0.661. The summed E-state index contributed by atoms with van der Waals surface area (Å²) in [6.45, 7) is 1.65. The molecule has 0 aliphatic carbocycles. The molecule has 0 atom stereocenters. The van der Waals surface area contributed by atoms with Crippen molar-refractivity contribution in [2.75, 3.05) is 20.2 Å². The van der Waals surface area contributed by atoms with E-state index >= 15 is 0 Å². The van der Waals surface area contributed by atoms with E-state index in [1.807, 2.05) is 4.90 Å². The Hall–Kier alpha value is -1.22. The van der Waals surface area contributed by atoms with Gasteiger partial charge in [-0.1, -0.05) is 11.6 Å². The summed E-state index contributed by atoms with van der Waals surface area (Å²) in [6, 6.07) is 5.15. The van der Waals surface area contributed by atoms with Crippen molar-refractivity contribution in [1.29, 1.82) is 0 Å². The van der Waals surface area contributed by atoms with Crippen LogP contribution < -0.4 is 4.74 Å². The Kier molecular flexibility index (Phi) is 3.34. The number of methoxy groups -OCH3 is 1. The number of halogens is 1. The first kappa shape index (κ1) is 11.3.